The van der Waals surface area contributed by atoms with Crippen LogP contribution in [-0.4, -0.2) is 14.8 Å². The predicted octanol–water partition coefficient (Wildman–Crippen LogP) is 5.13. The third-order valence-corrected chi connectivity index (χ3v) is 5.05. The Bertz CT molecular complexity index is 888. The third kappa shape index (κ3) is 4.66. The molecule has 25 heavy (non-hydrogen) atoms. The maximum absolute atomic E-state index is 13.2. The first-order valence-electron chi connectivity index (χ1n) is 7.36. The molecular weight excluding hydrogens is 384 g/mol. The number of benzene rings is 2. The molecule has 3 rings (SSSR count). The van der Waals surface area contributed by atoms with Gasteiger partial charge < -0.3 is 9.30 Å². The van der Waals surface area contributed by atoms with Gasteiger partial charge in [-0.3, -0.25) is 0 Å². The largest absolute Gasteiger partial charge is 0.484 e. The number of halogens is 3. The number of aromatic nitrogens is 3. The Balaban J connectivity index is 1.62. The van der Waals surface area contributed by atoms with Crippen LogP contribution in [0.1, 0.15) is 11.4 Å². The maximum Gasteiger partial charge on any atom is 0.191 e. The predicted molar refractivity (Wildman–Crippen MR) is 97.8 cm³/mol. The summed E-state index contributed by atoms with van der Waals surface area (Å²) in [5.41, 5.74) is 0.888. The molecule has 0 aliphatic rings. The highest BCUT2D eigenvalue weighted by Gasteiger charge is 2.11. The van der Waals surface area contributed by atoms with Crippen LogP contribution in [0.15, 0.2) is 47.6 Å². The van der Waals surface area contributed by atoms with E-state index >= 15 is 0 Å². The van der Waals surface area contributed by atoms with E-state index in [9.17, 15) is 4.39 Å². The van der Waals surface area contributed by atoms with Crippen molar-refractivity contribution in [2.75, 3.05) is 0 Å². The third-order valence-electron chi connectivity index (χ3n) is 3.43. The fourth-order valence-corrected chi connectivity index (χ4v) is 3.44. The van der Waals surface area contributed by atoms with Crippen molar-refractivity contribution in [3.05, 3.63) is 69.7 Å². The number of rotatable bonds is 6. The molecule has 8 heteroatoms. The molecule has 0 amide bonds. The first-order chi connectivity index (χ1) is 12.0. The normalized spacial score (nSPS) is 10.9. The Kier molecular flexibility index (Phi) is 5.83. The van der Waals surface area contributed by atoms with Crippen LogP contribution >= 0.6 is 35.0 Å². The second-order valence-corrected chi connectivity index (χ2v) is 7.03. The summed E-state index contributed by atoms with van der Waals surface area (Å²) in [7, 11) is 1.86. The lowest BCUT2D eigenvalue weighted by molar-refractivity contribution is 0.290. The SMILES string of the molecule is Cn1c(COc2ccc(Cl)cc2Cl)nnc1SCc1cccc(F)c1. The summed E-state index contributed by atoms with van der Waals surface area (Å²) in [5.74, 6) is 1.55. The van der Waals surface area contributed by atoms with Crippen molar-refractivity contribution in [2.24, 2.45) is 7.05 Å². The molecular formula is C17H14Cl2FN3OS. The van der Waals surface area contributed by atoms with E-state index in [4.69, 9.17) is 27.9 Å². The van der Waals surface area contributed by atoms with E-state index < -0.39 is 0 Å². The van der Waals surface area contributed by atoms with E-state index in [1.165, 1.54) is 23.9 Å². The van der Waals surface area contributed by atoms with Gasteiger partial charge in [0.2, 0.25) is 0 Å². The van der Waals surface area contributed by atoms with Crippen molar-refractivity contribution in [1.29, 1.82) is 0 Å². The summed E-state index contributed by atoms with van der Waals surface area (Å²) in [6.45, 7) is 0.228. The molecule has 0 saturated heterocycles. The van der Waals surface area contributed by atoms with Gasteiger partial charge in [-0.25, -0.2) is 4.39 Å². The molecule has 0 saturated carbocycles. The molecule has 0 atom stereocenters. The van der Waals surface area contributed by atoms with E-state index in [2.05, 4.69) is 10.2 Å². The molecule has 0 aliphatic heterocycles. The number of hydrogen-bond donors (Lipinski definition) is 0. The van der Waals surface area contributed by atoms with Gasteiger partial charge in [0.05, 0.1) is 5.02 Å². The Morgan fingerprint density at radius 1 is 1.16 bits per heavy atom. The van der Waals surface area contributed by atoms with E-state index in [0.29, 0.717) is 27.4 Å². The van der Waals surface area contributed by atoms with Crippen LogP contribution in [0.5, 0.6) is 5.75 Å². The summed E-state index contributed by atoms with van der Waals surface area (Å²) >= 11 is 13.4. The Labute approximate surface area is 158 Å². The zero-order valence-corrected chi connectivity index (χ0v) is 15.6. The molecule has 1 heterocycles. The van der Waals surface area contributed by atoms with Crippen LogP contribution in [-0.2, 0) is 19.4 Å². The molecule has 130 valence electrons. The highest BCUT2D eigenvalue weighted by atomic mass is 35.5. The highest BCUT2D eigenvalue weighted by Crippen LogP contribution is 2.28. The molecule has 0 unspecified atom stereocenters. The first kappa shape index (κ1) is 18.0. The van der Waals surface area contributed by atoms with E-state index in [1.807, 2.05) is 17.7 Å². The molecule has 3 aromatic rings. The molecule has 2 aromatic carbocycles. The van der Waals surface area contributed by atoms with E-state index in [-0.39, 0.29) is 12.4 Å². The van der Waals surface area contributed by atoms with Crippen LogP contribution in [0.4, 0.5) is 4.39 Å². The van der Waals surface area contributed by atoms with Crippen molar-refractivity contribution < 1.29 is 9.13 Å². The van der Waals surface area contributed by atoms with Gasteiger partial charge in [0, 0.05) is 17.8 Å². The number of nitrogens with zero attached hydrogens (tertiary/aromatic N) is 3. The fraction of sp³-hybridized carbons (Fsp3) is 0.176. The number of ether oxygens (including phenoxy) is 1. The van der Waals surface area contributed by atoms with Crippen LogP contribution in [0.3, 0.4) is 0 Å². The van der Waals surface area contributed by atoms with Crippen molar-refractivity contribution in [3.63, 3.8) is 0 Å². The number of thioether (sulfide) groups is 1. The quantitative estimate of drug-likeness (QED) is 0.540. The zero-order valence-electron chi connectivity index (χ0n) is 13.2. The number of hydrogen-bond acceptors (Lipinski definition) is 4. The van der Waals surface area contributed by atoms with Crippen LogP contribution in [0.25, 0.3) is 0 Å². The monoisotopic (exact) mass is 397 g/mol. The van der Waals surface area contributed by atoms with Gasteiger partial charge in [-0.05, 0) is 35.9 Å². The molecule has 0 N–H and O–H groups in total. The lowest BCUT2D eigenvalue weighted by atomic mass is 10.2. The fourth-order valence-electron chi connectivity index (χ4n) is 2.11. The molecule has 0 spiro atoms. The Morgan fingerprint density at radius 2 is 2.00 bits per heavy atom. The van der Waals surface area contributed by atoms with Crippen LogP contribution < -0.4 is 4.74 Å². The van der Waals surface area contributed by atoms with Gasteiger partial charge in [0.25, 0.3) is 0 Å². The minimum Gasteiger partial charge on any atom is -0.484 e. The van der Waals surface area contributed by atoms with Gasteiger partial charge in [-0.15, -0.1) is 10.2 Å². The van der Waals surface area contributed by atoms with Gasteiger partial charge >= 0.3 is 0 Å². The van der Waals surface area contributed by atoms with Crippen molar-refractivity contribution >= 4 is 35.0 Å². The topological polar surface area (TPSA) is 39.9 Å². The summed E-state index contributed by atoms with van der Waals surface area (Å²) in [6.07, 6.45) is 0. The zero-order chi connectivity index (χ0) is 17.8. The standard InChI is InChI=1S/C17H14Cl2FN3OS/c1-23-16(9-24-15-6-5-12(18)8-14(15)19)21-22-17(23)25-10-11-3-2-4-13(20)7-11/h2-8H,9-10H2,1H3. The summed E-state index contributed by atoms with van der Waals surface area (Å²) in [6, 6.07) is 11.5. The smallest absolute Gasteiger partial charge is 0.191 e. The van der Waals surface area contributed by atoms with Crippen molar-refractivity contribution in [3.8, 4) is 5.75 Å². The molecule has 0 aliphatic carbocycles. The van der Waals surface area contributed by atoms with E-state index in [0.717, 1.165) is 10.7 Å². The first-order valence-corrected chi connectivity index (χ1v) is 9.10. The average Bonchev–Trinajstić information content (AvgIpc) is 2.92. The highest BCUT2D eigenvalue weighted by molar-refractivity contribution is 7.98. The Morgan fingerprint density at radius 3 is 2.76 bits per heavy atom. The average molecular weight is 398 g/mol. The van der Waals surface area contributed by atoms with Crippen molar-refractivity contribution in [2.45, 2.75) is 17.5 Å². The van der Waals surface area contributed by atoms with Gasteiger partial charge in [-0.1, -0.05) is 47.1 Å². The summed E-state index contributed by atoms with van der Waals surface area (Å²) < 4.78 is 20.7. The molecule has 0 fully saturated rings. The van der Waals surface area contributed by atoms with Gasteiger partial charge in [0.15, 0.2) is 11.0 Å². The lowest BCUT2D eigenvalue weighted by Gasteiger charge is -2.08. The van der Waals surface area contributed by atoms with Gasteiger partial charge in [0.1, 0.15) is 18.2 Å². The van der Waals surface area contributed by atoms with Crippen LogP contribution in [0.2, 0.25) is 10.0 Å². The second-order valence-electron chi connectivity index (χ2n) is 5.24. The van der Waals surface area contributed by atoms with Gasteiger partial charge in [-0.2, -0.15) is 0 Å². The molecule has 4 nitrogen and oxygen atoms in total. The second kappa shape index (κ2) is 8.08. The molecule has 1 aromatic heterocycles. The summed E-state index contributed by atoms with van der Waals surface area (Å²) in [5, 5.41) is 10.00. The summed E-state index contributed by atoms with van der Waals surface area (Å²) in [4.78, 5) is 0. The lowest BCUT2D eigenvalue weighted by Crippen LogP contribution is -2.04. The molecule has 0 bridgehead atoms. The maximum atomic E-state index is 13.2. The molecule has 0 radical (unpaired) electrons. The van der Waals surface area contributed by atoms with Crippen LogP contribution in [0, 0.1) is 5.82 Å². The minimum absolute atomic E-state index is 0.228. The Hall–Kier alpha value is -1.76. The van der Waals surface area contributed by atoms with Crippen molar-refractivity contribution in [1.82, 2.24) is 14.8 Å². The minimum atomic E-state index is -0.245. The van der Waals surface area contributed by atoms with E-state index in [1.54, 1.807) is 24.3 Å².